The topological polar surface area (TPSA) is 142 Å². The maximum atomic E-state index is 12.5. The van der Waals surface area contributed by atoms with Gasteiger partial charge in [-0.3, -0.25) is 4.98 Å². The number of nitrogens with one attached hydrogen (secondary N) is 4. The summed E-state index contributed by atoms with van der Waals surface area (Å²) in [5.41, 5.74) is 2.63. The molecule has 4 aromatic rings. The molecule has 0 spiro atoms. The van der Waals surface area contributed by atoms with Gasteiger partial charge in [-0.1, -0.05) is 0 Å². The molecule has 0 bridgehead atoms. The second-order valence-corrected chi connectivity index (χ2v) is 10.3. The third-order valence-electron chi connectivity index (χ3n) is 4.51. The molecule has 0 radical (unpaired) electrons. The molecule has 0 atom stereocenters. The summed E-state index contributed by atoms with van der Waals surface area (Å²) in [6.07, 6.45) is 1.67. The number of nitrogens with zero attached hydrogens (tertiary/aromatic N) is 2. The lowest BCUT2D eigenvalue weighted by Crippen LogP contribution is -2.40. The number of benzene rings is 2. The minimum absolute atomic E-state index is 0.169. The zero-order chi connectivity index (χ0) is 23.8. The zero-order valence-electron chi connectivity index (χ0n) is 18.6. The van der Waals surface area contributed by atoms with E-state index in [1.807, 2.05) is 6.92 Å². The summed E-state index contributed by atoms with van der Waals surface area (Å²) in [5.74, 6) is 0.399. The second kappa shape index (κ2) is 8.34. The van der Waals surface area contributed by atoms with Crippen LogP contribution in [0.4, 0.5) is 23.1 Å². The van der Waals surface area contributed by atoms with E-state index in [-0.39, 0.29) is 4.90 Å². The molecule has 0 fully saturated rings. The van der Waals surface area contributed by atoms with E-state index in [0.717, 1.165) is 5.56 Å². The van der Waals surface area contributed by atoms with Crippen LogP contribution >= 0.6 is 0 Å². The van der Waals surface area contributed by atoms with Gasteiger partial charge in [0.05, 0.1) is 10.4 Å². The van der Waals surface area contributed by atoms with Gasteiger partial charge in [-0.2, -0.15) is 4.98 Å². The van der Waals surface area contributed by atoms with Gasteiger partial charge in [0.2, 0.25) is 16.0 Å². The van der Waals surface area contributed by atoms with E-state index in [4.69, 9.17) is 4.42 Å². The molecule has 0 unspecified atom stereocenters. The van der Waals surface area contributed by atoms with E-state index in [1.165, 1.54) is 12.1 Å². The van der Waals surface area contributed by atoms with Crippen molar-refractivity contribution in [2.45, 2.75) is 38.1 Å². The first-order chi connectivity index (χ1) is 15.5. The molecule has 4 N–H and O–H groups in total. The zero-order valence-corrected chi connectivity index (χ0v) is 19.4. The second-order valence-electron chi connectivity index (χ2n) is 8.58. The van der Waals surface area contributed by atoms with E-state index in [9.17, 15) is 13.2 Å². The number of anilines is 4. The Hall–Kier alpha value is -3.70. The lowest BCUT2D eigenvalue weighted by atomic mass is 10.1. The maximum Gasteiger partial charge on any atom is 0.417 e. The fourth-order valence-corrected chi connectivity index (χ4v) is 4.52. The molecule has 0 aliphatic rings. The third-order valence-corrected chi connectivity index (χ3v) is 6.29. The summed E-state index contributed by atoms with van der Waals surface area (Å²) in [6.45, 7) is 7.22. The van der Waals surface area contributed by atoms with Crippen LogP contribution in [-0.2, 0) is 10.0 Å². The van der Waals surface area contributed by atoms with Gasteiger partial charge < -0.3 is 15.1 Å². The molecule has 33 heavy (non-hydrogen) atoms. The Morgan fingerprint density at radius 1 is 1.00 bits per heavy atom. The van der Waals surface area contributed by atoms with Crippen LogP contribution in [0, 0.1) is 6.92 Å². The lowest BCUT2D eigenvalue weighted by Gasteiger charge is -2.20. The minimum Gasteiger partial charge on any atom is -0.408 e. The van der Waals surface area contributed by atoms with Crippen LogP contribution < -0.4 is 21.1 Å². The monoisotopic (exact) mass is 468 g/mol. The summed E-state index contributed by atoms with van der Waals surface area (Å²) in [6, 6.07) is 11.6. The minimum atomic E-state index is -3.62. The van der Waals surface area contributed by atoms with E-state index < -0.39 is 21.3 Å². The highest BCUT2D eigenvalue weighted by molar-refractivity contribution is 7.89. The molecule has 2 aromatic carbocycles. The van der Waals surface area contributed by atoms with Gasteiger partial charge in [0.15, 0.2) is 5.58 Å². The standard InChI is InChI=1S/C22H24N6O4S/c1-13-12-23-20(25-14-5-8-16(9-6-14)33(30,31)28-22(2,3)4)27-19(13)24-15-7-10-18-17(11-15)26-21(29)32-18/h5-12,28H,1-4H3,(H,26,29)(H2,23,24,25,27). The van der Waals surface area contributed by atoms with E-state index >= 15 is 0 Å². The van der Waals surface area contributed by atoms with Crippen LogP contribution in [0.1, 0.15) is 26.3 Å². The van der Waals surface area contributed by atoms with Crippen molar-refractivity contribution in [1.82, 2.24) is 19.7 Å². The van der Waals surface area contributed by atoms with Gasteiger partial charge in [0.1, 0.15) is 5.82 Å². The van der Waals surface area contributed by atoms with Crippen molar-refractivity contribution in [3.05, 3.63) is 64.8 Å². The van der Waals surface area contributed by atoms with Gasteiger partial charge in [-0.15, -0.1) is 0 Å². The molecule has 4 rings (SSSR count). The number of aromatic nitrogens is 3. The first-order valence-corrected chi connectivity index (χ1v) is 11.6. The Morgan fingerprint density at radius 2 is 1.70 bits per heavy atom. The van der Waals surface area contributed by atoms with Crippen molar-refractivity contribution in [1.29, 1.82) is 0 Å². The predicted molar refractivity (Wildman–Crippen MR) is 127 cm³/mol. The lowest BCUT2D eigenvalue weighted by molar-refractivity contribution is 0.491. The van der Waals surface area contributed by atoms with Crippen LogP contribution in [0.3, 0.4) is 0 Å². The number of H-pyrrole nitrogens is 1. The third kappa shape index (κ3) is 5.38. The quantitative estimate of drug-likeness (QED) is 0.335. The summed E-state index contributed by atoms with van der Waals surface area (Å²) in [7, 11) is -3.62. The molecular weight excluding hydrogens is 444 g/mol. The van der Waals surface area contributed by atoms with Crippen molar-refractivity contribution >= 4 is 44.3 Å². The number of hydrogen-bond acceptors (Lipinski definition) is 8. The van der Waals surface area contributed by atoms with Crippen LogP contribution in [0.5, 0.6) is 0 Å². The van der Waals surface area contributed by atoms with E-state index in [0.29, 0.717) is 34.2 Å². The smallest absolute Gasteiger partial charge is 0.408 e. The fourth-order valence-electron chi connectivity index (χ4n) is 3.10. The van der Waals surface area contributed by atoms with Crippen molar-refractivity contribution < 1.29 is 12.8 Å². The van der Waals surface area contributed by atoms with Crippen LogP contribution in [0.15, 0.2) is 62.8 Å². The number of rotatable bonds is 6. The maximum absolute atomic E-state index is 12.5. The number of sulfonamides is 1. The summed E-state index contributed by atoms with van der Waals surface area (Å²) in [4.78, 5) is 22.9. The fraction of sp³-hybridized carbons (Fsp3) is 0.227. The Balaban J connectivity index is 1.52. The van der Waals surface area contributed by atoms with Crippen LogP contribution in [-0.4, -0.2) is 28.9 Å². The average Bonchev–Trinajstić information content (AvgIpc) is 3.08. The highest BCUT2D eigenvalue weighted by atomic mass is 32.2. The molecular formula is C22H24N6O4S. The average molecular weight is 469 g/mol. The summed E-state index contributed by atoms with van der Waals surface area (Å²) >= 11 is 0. The van der Waals surface area contributed by atoms with Crippen molar-refractivity contribution in [2.75, 3.05) is 10.6 Å². The number of aromatic amines is 1. The van der Waals surface area contributed by atoms with Gasteiger partial charge >= 0.3 is 5.76 Å². The van der Waals surface area contributed by atoms with Crippen molar-refractivity contribution in [3.63, 3.8) is 0 Å². The van der Waals surface area contributed by atoms with E-state index in [2.05, 4.69) is 30.3 Å². The van der Waals surface area contributed by atoms with E-state index in [1.54, 1.807) is 57.3 Å². The Morgan fingerprint density at radius 3 is 2.39 bits per heavy atom. The normalized spacial score (nSPS) is 12.1. The molecule has 172 valence electrons. The summed E-state index contributed by atoms with van der Waals surface area (Å²) < 4.78 is 32.6. The van der Waals surface area contributed by atoms with Crippen LogP contribution in [0.25, 0.3) is 11.1 Å². The first kappa shape index (κ1) is 22.5. The largest absolute Gasteiger partial charge is 0.417 e. The Kier molecular flexibility index (Phi) is 5.68. The van der Waals surface area contributed by atoms with Gasteiger partial charge in [0.25, 0.3) is 0 Å². The predicted octanol–water partition coefficient (Wildman–Crippen LogP) is 3.78. The van der Waals surface area contributed by atoms with Crippen LogP contribution in [0.2, 0.25) is 0 Å². The highest BCUT2D eigenvalue weighted by Gasteiger charge is 2.21. The molecule has 0 saturated heterocycles. The molecule has 0 aliphatic heterocycles. The SMILES string of the molecule is Cc1cnc(Nc2ccc(S(=O)(=O)NC(C)(C)C)cc2)nc1Nc1ccc2oc(=O)[nH]c2c1. The molecule has 10 nitrogen and oxygen atoms in total. The number of hydrogen-bond donors (Lipinski definition) is 4. The molecule has 0 amide bonds. The summed E-state index contributed by atoms with van der Waals surface area (Å²) in [5, 5.41) is 6.29. The Bertz CT molecular complexity index is 1470. The molecule has 0 aliphatic carbocycles. The highest BCUT2D eigenvalue weighted by Crippen LogP contribution is 2.24. The first-order valence-electron chi connectivity index (χ1n) is 10.1. The number of oxazole rings is 1. The number of fused-ring (bicyclic) bond motifs is 1. The van der Waals surface area contributed by atoms with Gasteiger partial charge in [0, 0.05) is 28.7 Å². The van der Waals surface area contributed by atoms with Gasteiger partial charge in [-0.25, -0.2) is 22.9 Å². The molecule has 11 heteroatoms. The molecule has 2 aromatic heterocycles. The molecule has 0 saturated carbocycles. The Labute approximate surface area is 190 Å². The van der Waals surface area contributed by atoms with Crippen molar-refractivity contribution in [3.8, 4) is 0 Å². The van der Waals surface area contributed by atoms with Crippen molar-refractivity contribution in [2.24, 2.45) is 0 Å². The van der Waals surface area contributed by atoms with Gasteiger partial charge in [-0.05, 0) is 70.2 Å². The molecule has 2 heterocycles. The number of aryl methyl sites for hydroxylation is 1.